The zero-order valence-corrected chi connectivity index (χ0v) is 22.9. The molecule has 0 bridgehead atoms. The zero-order chi connectivity index (χ0) is 28.8. The quantitative estimate of drug-likeness (QED) is 0.169. The van der Waals surface area contributed by atoms with E-state index in [4.69, 9.17) is 4.74 Å². The number of hydrogen-bond donors (Lipinski definition) is 2. The van der Waals surface area contributed by atoms with Crippen LogP contribution in [0.15, 0.2) is 90.6 Å². The van der Waals surface area contributed by atoms with Crippen LogP contribution in [-0.4, -0.2) is 22.0 Å². The van der Waals surface area contributed by atoms with Crippen molar-refractivity contribution in [2.24, 2.45) is 0 Å². The van der Waals surface area contributed by atoms with Gasteiger partial charge < -0.3 is 19.6 Å². The maximum atomic E-state index is 12.8. The number of nitrogens with one attached hydrogen (secondary N) is 2. The van der Waals surface area contributed by atoms with Crippen molar-refractivity contribution in [1.82, 2.24) is 14.9 Å². The van der Waals surface area contributed by atoms with Gasteiger partial charge in [-0.25, -0.2) is 0 Å². The van der Waals surface area contributed by atoms with Crippen molar-refractivity contribution in [3.05, 3.63) is 124 Å². The lowest BCUT2D eigenvalue weighted by atomic mass is 10.1. The Bertz CT molecular complexity index is 1830. The fourth-order valence-electron chi connectivity index (χ4n) is 4.99. The number of fused-ring (bicyclic) bond motifs is 1. The molecule has 2 N–H and O–H groups in total. The van der Waals surface area contributed by atoms with Crippen LogP contribution in [0.25, 0.3) is 22.7 Å². The number of nitrogens with zero attached hydrogens (tertiary/aromatic N) is 3. The van der Waals surface area contributed by atoms with Crippen LogP contribution < -0.4 is 10.1 Å². The second-order valence-electron chi connectivity index (χ2n) is 9.75. The van der Waals surface area contributed by atoms with E-state index >= 15 is 0 Å². The van der Waals surface area contributed by atoms with Crippen LogP contribution >= 0.6 is 0 Å². The maximum Gasteiger partial charge on any atom is 0.261 e. The second-order valence-corrected chi connectivity index (χ2v) is 9.75. The highest BCUT2D eigenvalue weighted by Gasteiger charge is 2.14. The first-order chi connectivity index (χ1) is 20.0. The van der Waals surface area contributed by atoms with Crippen molar-refractivity contribution in [3.63, 3.8) is 0 Å². The largest absolute Gasteiger partial charge is 0.489 e. The van der Waals surface area contributed by atoms with Crippen LogP contribution in [0.4, 0.5) is 0 Å². The molecule has 7 nitrogen and oxygen atoms in total. The number of aromatic amines is 1. The lowest BCUT2D eigenvalue weighted by molar-refractivity contribution is -0.117. The number of amides is 1. The molecule has 0 aliphatic heterocycles. The lowest BCUT2D eigenvalue weighted by Crippen LogP contribution is -2.26. The van der Waals surface area contributed by atoms with E-state index in [1.807, 2.05) is 86.8 Å². The molecule has 7 heteroatoms. The van der Waals surface area contributed by atoms with E-state index in [1.165, 1.54) is 0 Å². The van der Waals surface area contributed by atoms with Crippen molar-refractivity contribution < 1.29 is 9.53 Å². The number of aryl methyl sites for hydroxylation is 1. The number of ether oxygens (including phenoxy) is 1. The minimum absolute atomic E-state index is 0.0607. The molecule has 0 atom stereocenters. The van der Waals surface area contributed by atoms with Gasteiger partial charge in [-0.1, -0.05) is 36.4 Å². The van der Waals surface area contributed by atoms with Crippen LogP contribution in [0.3, 0.4) is 0 Å². The van der Waals surface area contributed by atoms with Crippen molar-refractivity contribution in [3.8, 4) is 23.6 Å². The number of rotatable bonds is 9. The van der Waals surface area contributed by atoms with Gasteiger partial charge in [0.25, 0.3) is 5.91 Å². The molecule has 41 heavy (non-hydrogen) atoms. The number of benzene rings is 3. The van der Waals surface area contributed by atoms with E-state index < -0.39 is 5.91 Å². The second kappa shape index (κ2) is 12.1. The third kappa shape index (κ3) is 5.90. The summed E-state index contributed by atoms with van der Waals surface area (Å²) in [5, 5.41) is 23.0. The summed E-state index contributed by atoms with van der Waals surface area (Å²) in [7, 11) is 0. The van der Waals surface area contributed by atoms with Crippen LogP contribution in [-0.2, 0) is 17.8 Å². The molecule has 0 unspecified atom stereocenters. The summed E-state index contributed by atoms with van der Waals surface area (Å²) in [5.41, 5.74) is 7.31. The van der Waals surface area contributed by atoms with E-state index in [0.29, 0.717) is 30.9 Å². The Morgan fingerprint density at radius 2 is 1.76 bits per heavy atom. The topological polar surface area (TPSA) is 107 Å². The Balaban J connectivity index is 1.25. The molecule has 5 aromatic rings. The molecule has 202 valence electrons. The van der Waals surface area contributed by atoms with Gasteiger partial charge >= 0.3 is 0 Å². The Hall–Kier alpha value is -5.53. The lowest BCUT2D eigenvalue weighted by Gasteiger charge is -2.12. The first-order valence-electron chi connectivity index (χ1n) is 13.3. The minimum atomic E-state index is -0.392. The van der Waals surface area contributed by atoms with Crippen molar-refractivity contribution in [2.75, 3.05) is 6.54 Å². The van der Waals surface area contributed by atoms with E-state index in [0.717, 1.165) is 44.7 Å². The SMILES string of the molecule is Cc1cc(/C=C(/C#N)C(=O)NCCc2c[nH]c3ccccc23)c(C)n1-c1ccc(OCc2ccccc2C#N)cc1. The Morgan fingerprint density at radius 1 is 1.00 bits per heavy atom. The predicted molar refractivity (Wildman–Crippen MR) is 159 cm³/mol. The van der Waals surface area contributed by atoms with E-state index in [9.17, 15) is 15.3 Å². The molecule has 0 saturated carbocycles. The molecule has 2 heterocycles. The Kier molecular flexibility index (Phi) is 7.99. The fourth-order valence-corrected chi connectivity index (χ4v) is 4.99. The number of aromatic nitrogens is 2. The first kappa shape index (κ1) is 27.1. The summed E-state index contributed by atoms with van der Waals surface area (Å²) < 4.78 is 7.98. The van der Waals surface area contributed by atoms with Gasteiger partial charge in [-0.2, -0.15) is 10.5 Å². The summed E-state index contributed by atoms with van der Waals surface area (Å²) in [6.07, 6.45) is 4.26. The normalized spacial score (nSPS) is 11.2. The van der Waals surface area contributed by atoms with Crippen molar-refractivity contribution in [1.29, 1.82) is 10.5 Å². The zero-order valence-electron chi connectivity index (χ0n) is 22.9. The van der Waals surface area contributed by atoms with E-state index in [2.05, 4.69) is 33.1 Å². The smallest absolute Gasteiger partial charge is 0.261 e. The fraction of sp³-hybridized carbons (Fsp3) is 0.147. The molecule has 0 saturated heterocycles. The van der Waals surface area contributed by atoms with Crippen LogP contribution in [0.1, 0.15) is 33.6 Å². The summed E-state index contributed by atoms with van der Waals surface area (Å²) >= 11 is 0. The van der Waals surface area contributed by atoms with Gasteiger partial charge in [0.2, 0.25) is 0 Å². The third-order valence-corrected chi connectivity index (χ3v) is 7.12. The monoisotopic (exact) mass is 539 g/mol. The van der Waals surface area contributed by atoms with Crippen LogP contribution in [0, 0.1) is 36.5 Å². The molecular weight excluding hydrogens is 510 g/mol. The van der Waals surface area contributed by atoms with Crippen molar-refractivity contribution in [2.45, 2.75) is 26.9 Å². The van der Waals surface area contributed by atoms with E-state index in [-0.39, 0.29) is 5.57 Å². The molecule has 0 fully saturated rings. The summed E-state index contributed by atoms with van der Waals surface area (Å²) in [6.45, 7) is 4.68. The first-order valence-corrected chi connectivity index (χ1v) is 13.3. The number of nitriles is 2. The number of hydrogen-bond acceptors (Lipinski definition) is 4. The van der Waals surface area contributed by atoms with Gasteiger partial charge in [0.15, 0.2) is 0 Å². The molecule has 3 aromatic carbocycles. The van der Waals surface area contributed by atoms with Gasteiger partial charge in [0.1, 0.15) is 24.0 Å². The number of H-pyrrole nitrogens is 1. The molecule has 1 amide bonds. The van der Waals surface area contributed by atoms with Gasteiger partial charge in [-0.15, -0.1) is 0 Å². The van der Waals surface area contributed by atoms with Gasteiger partial charge in [-0.05, 0) is 79.9 Å². The third-order valence-electron chi connectivity index (χ3n) is 7.12. The van der Waals surface area contributed by atoms with Crippen LogP contribution in [0.5, 0.6) is 5.75 Å². The Labute approximate surface area is 238 Å². The molecule has 0 spiro atoms. The predicted octanol–water partition coefficient (Wildman–Crippen LogP) is 6.29. The number of carbonyl (C=O) groups is 1. The highest BCUT2D eigenvalue weighted by molar-refractivity contribution is 6.01. The standard InChI is InChI=1S/C34H29N5O2/c1-23-17-28(18-29(20-36)34(40)37-16-15-26-21-38-33-10-6-5-9-32(26)33)24(2)39(23)30-11-13-31(14-12-30)41-22-27-8-4-3-7-25(27)19-35/h3-14,17-18,21,38H,15-16,22H2,1-2H3,(H,37,40)/b29-18-. The van der Waals surface area contributed by atoms with E-state index in [1.54, 1.807) is 12.1 Å². The van der Waals surface area contributed by atoms with Crippen molar-refractivity contribution >= 4 is 22.9 Å². The minimum Gasteiger partial charge on any atom is -0.489 e. The Morgan fingerprint density at radius 3 is 2.54 bits per heavy atom. The average Bonchev–Trinajstić information content (AvgIpc) is 3.54. The molecule has 0 radical (unpaired) electrons. The average molecular weight is 540 g/mol. The molecule has 0 aliphatic rings. The highest BCUT2D eigenvalue weighted by Crippen LogP contribution is 2.25. The maximum absolute atomic E-state index is 12.8. The van der Waals surface area contributed by atoms with Crippen LogP contribution in [0.2, 0.25) is 0 Å². The molecular formula is C34H29N5O2. The number of para-hydroxylation sites is 1. The molecule has 0 aliphatic carbocycles. The summed E-state index contributed by atoms with van der Waals surface area (Å²) in [6, 6.07) is 29.3. The van der Waals surface area contributed by atoms with Gasteiger partial charge in [-0.3, -0.25) is 4.79 Å². The highest BCUT2D eigenvalue weighted by atomic mass is 16.5. The van der Waals surface area contributed by atoms with Gasteiger partial charge in [0, 0.05) is 46.3 Å². The van der Waals surface area contributed by atoms with Gasteiger partial charge in [0.05, 0.1) is 11.6 Å². The number of carbonyl (C=O) groups excluding carboxylic acids is 1. The molecule has 2 aromatic heterocycles. The summed E-state index contributed by atoms with van der Waals surface area (Å²) in [4.78, 5) is 16.1. The molecule has 5 rings (SSSR count). The summed E-state index contributed by atoms with van der Waals surface area (Å²) in [5.74, 6) is 0.303.